The summed E-state index contributed by atoms with van der Waals surface area (Å²) in [6.07, 6.45) is 0. The zero-order valence-electron chi connectivity index (χ0n) is 14.8. The van der Waals surface area contributed by atoms with E-state index in [1.165, 1.54) is 11.8 Å². The second-order valence-electron chi connectivity index (χ2n) is 5.43. The van der Waals surface area contributed by atoms with Gasteiger partial charge in [0.2, 0.25) is 11.1 Å². The van der Waals surface area contributed by atoms with Crippen molar-refractivity contribution in [3.05, 3.63) is 36.4 Å². The van der Waals surface area contributed by atoms with Gasteiger partial charge in [0.15, 0.2) is 0 Å². The Balaban J connectivity index is 2.12. The van der Waals surface area contributed by atoms with Gasteiger partial charge in [-0.15, -0.1) is 5.10 Å². The number of para-hydroxylation sites is 2. The van der Waals surface area contributed by atoms with Crippen LogP contribution in [-0.4, -0.2) is 56.5 Å². The Labute approximate surface area is 152 Å². The molecule has 1 aromatic heterocycles. The number of carbonyl (C=O) groups excluding carboxylic acids is 1. The van der Waals surface area contributed by atoms with Crippen LogP contribution in [0.2, 0.25) is 0 Å². The average molecular weight is 361 g/mol. The Kier molecular flexibility index (Phi) is 7.00. The van der Waals surface area contributed by atoms with E-state index < -0.39 is 0 Å². The van der Waals surface area contributed by atoms with Gasteiger partial charge in [-0.1, -0.05) is 36.0 Å². The molecule has 134 valence electrons. The molecule has 7 nitrogen and oxygen atoms in total. The molecule has 0 unspecified atom stereocenters. The Hall–Kier alpha value is -2.35. The van der Waals surface area contributed by atoms with Gasteiger partial charge in [-0.05, 0) is 43.3 Å². The van der Waals surface area contributed by atoms with Crippen molar-refractivity contribution in [1.82, 2.24) is 25.1 Å². The van der Waals surface area contributed by atoms with E-state index in [1.807, 2.05) is 45.0 Å². The lowest BCUT2D eigenvalue weighted by atomic mass is 10.3. The Morgan fingerprint density at radius 3 is 2.80 bits per heavy atom. The van der Waals surface area contributed by atoms with E-state index >= 15 is 0 Å². The molecule has 0 spiro atoms. The number of thioether (sulfide) groups is 1. The van der Waals surface area contributed by atoms with E-state index in [0.29, 0.717) is 30.6 Å². The number of nitrogens with zero attached hydrogens (tertiary/aromatic N) is 5. The highest BCUT2D eigenvalue weighted by atomic mass is 32.2. The third-order valence-corrected chi connectivity index (χ3v) is 4.26. The maximum absolute atomic E-state index is 12.4. The van der Waals surface area contributed by atoms with Crippen molar-refractivity contribution >= 4 is 17.7 Å². The second-order valence-corrected chi connectivity index (χ2v) is 6.37. The van der Waals surface area contributed by atoms with E-state index in [9.17, 15) is 4.79 Å². The number of ether oxygens (including phenoxy) is 1. The lowest BCUT2D eigenvalue weighted by Gasteiger charge is -2.20. The molecule has 0 aliphatic heterocycles. The number of benzene rings is 1. The highest BCUT2D eigenvalue weighted by Crippen LogP contribution is 2.26. The van der Waals surface area contributed by atoms with Crippen molar-refractivity contribution in [3.8, 4) is 11.4 Å². The fraction of sp³-hybridized carbons (Fsp3) is 0.412. The van der Waals surface area contributed by atoms with Crippen LogP contribution in [0.15, 0.2) is 41.6 Å². The molecule has 0 fully saturated rings. The van der Waals surface area contributed by atoms with Gasteiger partial charge in [-0.3, -0.25) is 4.79 Å². The maximum atomic E-state index is 12.4. The third kappa shape index (κ3) is 5.06. The largest absolute Gasteiger partial charge is 0.492 e. The summed E-state index contributed by atoms with van der Waals surface area (Å²) in [5.41, 5.74) is 1.70. The van der Waals surface area contributed by atoms with Gasteiger partial charge in [0.05, 0.1) is 12.4 Å². The molecule has 1 heterocycles. The van der Waals surface area contributed by atoms with Crippen LogP contribution in [0.1, 0.15) is 20.8 Å². The van der Waals surface area contributed by atoms with Gasteiger partial charge in [-0.2, -0.15) is 4.68 Å². The van der Waals surface area contributed by atoms with Crippen molar-refractivity contribution in [2.45, 2.75) is 25.9 Å². The van der Waals surface area contributed by atoms with E-state index in [0.717, 1.165) is 11.3 Å². The van der Waals surface area contributed by atoms with Gasteiger partial charge in [-0.25, -0.2) is 0 Å². The normalized spacial score (nSPS) is 10.5. The standard InChI is InChI=1S/C17H23N5O2S/c1-5-21(11-13(3)4)16(23)12-25-17-18-19-20-22(17)14-9-7-8-10-15(14)24-6-2/h7-10H,3,5-6,11-12H2,1-2,4H3. The van der Waals surface area contributed by atoms with Gasteiger partial charge in [0, 0.05) is 13.1 Å². The maximum Gasteiger partial charge on any atom is 0.233 e. The van der Waals surface area contributed by atoms with Crippen LogP contribution in [0.5, 0.6) is 5.75 Å². The zero-order chi connectivity index (χ0) is 18.2. The van der Waals surface area contributed by atoms with Crippen molar-refractivity contribution in [2.24, 2.45) is 0 Å². The minimum Gasteiger partial charge on any atom is -0.492 e. The molecule has 0 bridgehead atoms. The summed E-state index contributed by atoms with van der Waals surface area (Å²) in [5.74, 6) is 0.990. The molecule has 2 aromatic rings. The summed E-state index contributed by atoms with van der Waals surface area (Å²) >= 11 is 1.30. The van der Waals surface area contributed by atoms with E-state index in [-0.39, 0.29) is 11.7 Å². The smallest absolute Gasteiger partial charge is 0.233 e. The van der Waals surface area contributed by atoms with Crippen LogP contribution in [0.4, 0.5) is 0 Å². The first-order valence-electron chi connectivity index (χ1n) is 8.12. The number of hydrogen-bond donors (Lipinski definition) is 0. The summed E-state index contributed by atoms with van der Waals surface area (Å²) in [6.45, 7) is 11.4. The van der Waals surface area contributed by atoms with Crippen LogP contribution in [-0.2, 0) is 4.79 Å². The SMILES string of the molecule is C=C(C)CN(CC)C(=O)CSc1nnnn1-c1ccccc1OCC. The molecule has 0 aliphatic carbocycles. The highest BCUT2D eigenvalue weighted by molar-refractivity contribution is 7.99. The van der Waals surface area contributed by atoms with Crippen molar-refractivity contribution < 1.29 is 9.53 Å². The van der Waals surface area contributed by atoms with Crippen molar-refractivity contribution in [1.29, 1.82) is 0 Å². The summed E-state index contributed by atoms with van der Waals surface area (Å²) < 4.78 is 7.23. The van der Waals surface area contributed by atoms with Crippen LogP contribution >= 0.6 is 11.8 Å². The van der Waals surface area contributed by atoms with Gasteiger partial charge in [0.1, 0.15) is 11.4 Å². The Morgan fingerprint density at radius 1 is 1.36 bits per heavy atom. The lowest BCUT2D eigenvalue weighted by Crippen LogP contribution is -2.33. The fourth-order valence-corrected chi connectivity index (χ4v) is 3.04. The quantitative estimate of drug-likeness (QED) is 0.505. The molecule has 1 amide bonds. The second kappa shape index (κ2) is 9.22. The number of carbonyl (C=O) groups is 1. The molecule has 1 aromatic carbocycles. The summed E-state index contributed by atoms with van der Waals surface area (Å²) in [6, 6.07) is 7.54. The number of tetrazole rings is 1. The molecule has 0 aliphatic rings. The molecule has 2 rings (SSSR count). The lowest BCUT2D eigenvalue weighted by molar-refractivity contribution is -0.127. The number of rotatable bonds is 9. The van der Waals surface area contributed by atoms with Gasteiger partial charge >= 0.3 is 0 Å². The molecule has 0 saturated carbocycles. The predicted octanol–water partition coefficient (Wildman–Crippen LogP) is 2.58. The van der Waals surface area contributed by atoms with Crippen LogP contribution in [0, 0.1) is 0 Å². The first kappa shape index (κ1) is 19.0. The van der Waals surface area contributed by atoms with E-state index in [2.05, 4.69) is 22.1 Å². The first-order chi connectivity index (χ1) is 12.1. The van der Waals surface area contributed by atoms with Crippen molar-refractivity contribution in [2.75, 3.05) is 25.4 Å². The predicted molar refractivity (Wildman–Crippen MR) is 98.1 cm³/mol. The Morgan fingerprint density at radius 2 is 2.12 bits per heavy atom. The summed E-state index contributed by atoms with van der Waals surface area (Å²) in [5, 5.41) is 12.4. The van der Waals surface area contributed by atoms with E-state index in [1.54, 1.807) is 9.58 Å². The van der Waals surface area contributed by atoms with E-state index in [4.69, 9.17) is 4.74 Å². The summed E-state index contributed by atoms with van der Waals surface area (Å²) in [4.78, 5) is 14.1. The zero-order valence-corrected chi connectivity index (χ0v) is 15.6. The Bertz CT molecular complexity index is 731. The number of aromatic nitrogens is 4. The van der Waals surface area contributed by atoms with Gasteiger partial charge in [0.25, 0.3) is 0 Å². The molecule has 0 atom stereocenters. The first-order valence-corrected chi connectivity index (χ1v) is 9.10. The van der Waals surface area contributed by atoms with Crippen LogP contribution in [0.3, 0.4) is 0 Å². The number of hydrogen-bond acceptors (Lipinski definition) is 6. The molecular weight excluding hydrogens is 338 g/mol. The monoisotopic (exact) mass is 361 g/mol. The summed E-state index contributed by atoms with van der Waals surface area (Å²) in [7, 11) is 0. The molecule has 0 radical (unpaired) electrons. The molecular formula is C17H23N5O2S. The molecule has 25 heavy (non-hydrogen) atoms. The topological polar surface area (TPSA) is 73.1 Å². The van der Waals surface area contributed by atoms with Crippen LogP contribution in [0.25, 0.3) is 5.69 Å². The van der Waals surface area contributed by atoms with Crippen molar-refractivity contribution in [3.63, 3.8) is 0 Å². The molecule has 0 saturated heterocycles. The molecule has 8 heteroatoms. The minimum absolute atomic E-state index is 0.0307. The van der Waals surface area contributed by atoms with Crippen LogP contribution < -0.4 is 4.74 Å². The fourth-order valence-electron chi connectivity index (χ4n) is 2.25. The third-order valence-electron chi connectivity index (χ3n) is 3.35. The minimum atomic E-state index is 0.0307. The number of amides is 1. The molecule has 0 N–H and O–H groups in total. The van der Waals surface area contributed by atoms with Gasteiger partial charge < -0.3 is 9.64 Å². The average Bonchev–Trinajstić information content (AvgIpc) is 3.06. The number of likely N-dealkylation sites (N-methyl/N-ethyl adjacent to an activating group) is 1. The highest BCUT2D eigenvalue weighted by Gasteiger charge is 2.17.